The van der Waals surface area contributed by atoms with E-state index in [9.17, 15) is 13.6 Å². The van der Waals surface area contributed by atoms with Gasteiger partial charge < -0.3 is 9.64 Å². The highest BCUT2D eigenvalue weighted by atomic mass is 19.3. The van der Waals surface area contributed by atoms with Gasteiger partial charge in [0.15, 0.2) is 0 Å². The minimum Gasteiger partial charge on any atom is -0.494 e. The Bertz CT molecular complexity index is 451. The molecule has 6 heteroatoms. The molecule has 1 unspecified atom stereocenters. The van der Waals surface area contributed by atoms with Gasteiger partial charge in [0.05, 0.1) is 19.7 Å². The van der Waals surface area contributed by atoms with Crippen LogP contribution in [0.25, 0.3) is 0 Å². The lowest BCUT2D eigenvalue weighted by Gasteiger charge is -2.24. The average molecular weight is 284 g/mol. The van der Waals surface area contributed by atoms with Crippen LogP contribution in [-0.4, -0.2) is 36.9 Å². The summed E-state index contributed by atoms with van der Waals surface area (Å²) in [4.78, 5) is 12.8. The Morgan fingerprint density at radius 1 is 1.40 bits per heavy atom. The zero-order valence-corrected chi connectivity index (χ0v) is 11.3. The van der Waals surface area contributed by atoms with Crippen molar-refractivity contribution in [3.8, 4) is 5.75 Å². The Morgan fingerprint density at radius 2 is 2.10 bits per heavy atom. The summed E-state index contributed by atoms with van der Waals surface area (Å²) in [5, 5.41) is 2.94. The van der Waals surface area contributed by atoms with Crippen molar-refractivity contribution in [1.29, 1.82) is 0 Å². The number of nitrogens with zero attached hydrogens (tertiary/aromatic N) is 1. The fourth-order valence-corrected chi connectivity index (χ4v) is 2.16. The minimum absolute atomic E-state index is 0.0888. The molecule has 1 saturated heterocycles. The smallest absolute Gasteiger partial charge is 0.255 e. The van der Waals surface area contributed by atoms with E-state index in [1.54, 1.807) is 24.3 Å². The summed E-state index contributed by atoms with van der Waals surface area (Å²) in [6.45, 7) is 2.19. The van der Waals surface area contributed by atoms with Crippen LogP contribution in [0.5, 0.6) is 5.75 Å². The van der Waals surface area contributed by atoms with Crippen molar-refractivity contribution >= 4 is 5.91 Å². The first-order valence-electron chi connectivity index (χ1n) is 6.65. The first kappa shape index (κ1) is 14.7. The number of hydrogen-bond acceptors (Lipinski definition) is 3. The van der Waals surface area contributed by atoms with E-state index in [0.29, 0.717) is 6.61 Å². The number of carbonyl (C=O) groups is 1. The maximum atomic E-state index is 12.5. The molecule has 0 bridgehead atoms. The number of hydrogen-bond donors (Lipinski definition) is 1. The Hall–Kier alpha value is -1.69. The molecule has 0 radical (unpaired) electrons. The normalized spacial score (nSPS) is 18.9. The number of halogens is 2. The molecule has 0 spiro atoms. The van der Waals surface area contributed by atoms with Crippen molar-refractivity contribution in [1.82, 2.24) is 10.2 Å². The van der Waals surface area contributed by atoms with Crippen LogP contribution >= 0.6 is 0 Å². The molecule has 0 saturated carbocycles. The summed E-state index contributed by atoms with van der Waals surface area (Å²) in [6.07, 6.45) is -2.10. The van der Waals surface area contributed by atoms with E-state index in [-0.39, 0.29) is 12.5 Å². The molecule has 2 rings (SSSR count). The maximum absolute atomic E-state index is 12.5. The highest BCUT2D eigenvalue weighted by molar-refractivity contribution is 5.81. The van der Waals surface area contributed by atoms with Gasteiger partial charge in [-0.15, -0.1) is 0 Å². The molecule has 1 aliphatic heterocycles. The molecule has 4 nitrogen and oxygen atoms in total. The second kappa shape index (κ2) is 6.65. The standard InChI is InChI=1S/C14H18F2N2O2/c1-2-7-20-11-5-3-10(4-6-11)14-17-8-13(19)18(14)9-12(15)16/h3-6,12,14,17H,2,7-9H2,1H3. The lowest BCUT2D eigenvalue weighted by molar-refractivity contribution is -0.130. The van der Waals surface area contributed by atoms with Crippen LogP contribution in [0, 0.1) is 0 Å². The molecule has 1 fully saturated rings. The van der Waals surface area contributed by atoms with Crippen LogP contribution in [-0.2, 0) is 4.79 Å². The van der Waals surface area contributed by atoms with Gasteiger partial charge in [-0.05, 0) is 24.1 Å². The number of carbonyl (C=O) groups excluding carboxylic acids is 1. The Kier molecular flexibility index (Phi) is 4.89. The molecule has 1 aromatic carbocycles. The summed E-state index contributed by atoms with van der Waals surface area (Å²) in [5.74, 6) is 0.432. The third-order valence-electron chi connectivity index (χ3n) is 3.08. The second-order valence-corrected chi connectivity index (χ2v) is 4.64. The summed E-state index contributed by atoms with van der Waals surface area (Å²) in [7, 11) is 0. The van der Waals surface area contributed by atoms with Crippen LogP contribution in [0.15, 0.2) is 24.3 Å². The Labute approximate surface area is 116 Å². The van der Waals surface area contributed by atoms with E-state index in [4.69, 9.17) is 4.74 Å². The summed E-state index contributed by atoms with van der Waals surface area (Å²) in [5.41, 5.74) is 0.778. The highest BCUT2D eigenvalue weighted by Gasteiger charge is 2.33. The quantitative estimate of drug-likeness (QED) is 0.870. The van der Waals surface area contributed by atoms with Crippen molar-refractivity contribution in [3.05, 3.63) is 29.8 Å². The molecule has 20 heavy (non-hydrogen) atoms. The molecule has 1 aromatic rings. The Balaban J connectivity index is 2.07. The van der Waals surface area contributed by atoms with Gasteiger partial charge >= 0.3 is 0 Å². The molecule has 110 valence electrons. The van der Waals surface area contributed by atoms with Crippen molar-refractivity contribution in [2.45, 2.75) is 25.9 Å². The van der Waals surface area contributed by atoms with Crippen LogP contribution in [0.1, 0.15) is 25.1 Å². The van der Waals surface area contributed by atoms with Crippen molar-refractivity contribution in [2.24, 2.45) is 0 Å². The van der Waals surface area contributed by atoms with Crippen LogP contribution < -0.4 is 10.1 Å². The molecule has 1 amide bonds. The zero-order valence-electron chi connectivity index (χ0n) is 11.3. The lowest BCUT2D eigenvalue weighted by Crippen LogP contribution is -2.34. The van der Waals surface area contributed by atoms with Gasteiger partial charge in [-0.3, -0.25) is 10.1 Å². The van der Waals surface area contributed by atoms with E-state index in [1.807, 2.05) is 6.92 Å². The van der Waals surface area contributed by atoms with E-state index >= 15 is 0 Å². The molecular formula is C14H18F2N2O2. The van der Waals surface area contributed by atoms with E-state index < -0.39 is 19.1 Å². The summed E-state index contributed by atoms with van der Waals surface area (Å²) < 4.78 is 30.5. The Morgan fingerprint density at radius 3 is 2.70 bits per heavy atom. The highest BCUT2D eigenvalue weighted by Crippen LogP contribution is 2.25. The number of amides is 1. The summed E-state index contributed by atoms with van der Waals surface area (Å²) >= 11 is 0. The van der Waals surface area contributed by atoms with Gasteiger partial charge in [0.25, 0.3) is 6.43 Å². The lowest BCUT2D eigenvalue weighted by atomic mass is 10.1. The van der Waals surface area contributed by atoms with Gasteiger partial charge in [-0.25, -0.2) is 8.78 Å². The van der Waals surface area contributed by atoms with Crippen molar-refractivity contribution in [3.63, 3.8) is 0 Å². The minimum atomic E-state index is -2.53. The van der Waals surface area contributed by atoms with Crippen LogP contribution in [0.2, 0.25) is 0 Å². The van der Waals surface area contributed by atoms with Gasteiger partial charge in [0.2, 0.25) is 5.91 Å². The molecule has 1 aliphatic rings. The number of alkyl halides is 2. The number of benzene rings is 1. The van der Waals surface area contributed by atoms with Gasteiger partial charge in [0, 0.05) is 0 Å². The van der Waals surface area contributed by atoms with Crippen molar-refractivity contribution in [2.75, 3.05) is 19.7 Å². The van der Waals surface area contributed by atoms with Gasteiger partial charge in [-0.1, -0.05) is 19.1 Å². The zero-order chi connectivity index (χ0) is 14.5. The third-order valence-corrected chi connectivity index (χ3v) is 3.08. The fraction of sp³-hybridized carbons (Fsp3) is 0.500. The number of ether oxygens (including phenoxy) is 1. The van der Waals surface area contributed by atoms with E-state index in [0.717, 1.165) is 17.7 Å². The fourth-order valence-electron chi connectivity index (χ4n) is 2.16. The maximum Gasteiger partial charge on any atom is 0.255 e. The molecular weight excluding hydrogens is 266 g/mol. The molecule has 1 heterocycles. The second-order valence-electron chi connectivity index (χ2n) is 4.64. The SMILES string of the molecule is CCCOc1ccc(C2NCC(=O)N2CC(F)F)cc1. The topological polar surface area (TPSA) is 41.6 Å². The molecule has 1 N–H and O–H groups in total. The first-order chi connectivity index (χ1) is 9.61. The van der Waals surface area contributed by atoms with Crippen LogP contribution in [0.4, 0.5) is 8.78 Å². The third kappa shape index (κ3) is 3.45. The van der Waals surface area contributed by atoms with E-state index in [1.165, 1.54) is 4.90 Å². The van der Waals surface area contributed by atoms with Gasteiger partial charge in [0.1, 0.15) is 11.9 Å². The first-order valence-corrected chi connectivity index (χ1v) is 6.65. The molecule has 1 atom stereocenters. The monoisotopic (exact) mass is 284 g/mol. The predicted octanol–water partition coefficient (Wildman–Crippen LogP) is 2.17. The van der Waals surface area contributed by atoms with Crippen LogP contribution in [0.3, 0.4) is 0 Å². The largest absolute Gasteiger partial charge is 0.494 e. The van der Waals surface area contributed by atoms with Crippen molar-refractivity contribution < 1.29 is 18.3 Å². The van der Waals surface area contributed by atoms with Gasteiger partial charge in [-0.2, -0.15) is 0 Å². The molecule has 0 aliphatic carbocycles. The number of rotatable bonds is 6. The van der Waals surface area contributed by atoms with E-state index in [2.05, 4.69) is 5.32 Å². The predicted molar refractivity (Wildman–Crippen MR) is 70.7 cm³/mol. The number of nitrogens with one attached hydrogen (secondary N) is 1. The summed E-state index contributed by atoms with van der Waals surface area (Å²) in [6, 6.07) is 7.16. The average Bonchev–Trinajstić information content (AvgIpc) is 2.78. The molecule has 0 aromatic heterocycles.